The topological polar surface area (TPSA) is 69.0 Å². The summed E-state index contributed by atoms with van der Waals surface area (Å²) in [6, 6.07) is 0. The Hall–Kier alpha value is -2.03. The van der Waals surface area contributed by atoms with Crippen molar-refractivity contribution in [1.82, 2.24) is 5.32 Å². The van der Waals surface area contributed by atoms with E-state index in [0.29, 0.717) is 13.0 Å². The van der Waals surface area contributed by atoms with E-state index in [-0.39, 0.29) is 0 Å². The van der Waals surface area contributed by atoms with Gasteiger partial charge in [-0.1, -0.05) is 12.2 Å². The Labute approximate surface area is 119 Å². The van der Waals surface area contributed by atoms with E-state index in [1.54, 1.807) is 26.8 Å². The molecule has 0 saturated carbocycles. The molecule has 6 nitrogen and oxygen atoms in total. The lowest BCUT2D eigenvalue weighted by Crippen LogP contribution is -2.52. The highest BCUT2D eigenvalue weighted by atomic mass is 16.6. The number of amides is 1. The van der Waals surface area contributed by atoms with Gasteiger partial charge in [0.25, 0.3) is 0 Å². The first-order valence-corrected chi connectivity index (χ1v) is 6.25. The van der Waals surface area contributed by atoms with Crippen molar-refractivity contribution in [1.29, 1.82) is 0 Å². The summed E-state index contributed by atoms with van der Waals surface area (Å²) in [4.78, 5) is 26.8. The first kappa shape index (κ1) is 18.0. The fraction of sp³-hybridized carbons (Fsp3) is 0.643. The minimum absolute atomic E-state index is 0.320. The van der Waals surface area contributed by atoms with E-state index in [0.717, 1.165) is 0 Å². The Morgan fingerprint density at radius 1 is 1.30 bits per heavy atom. The number of esters is 1. The van der Waals surface area contributed by atoms with Crippen LogP contribution in [0.1, 0.15) is 34.1 Å². The number of carbonyl (C=O) groups is 2. The summed E-state index contributed by atoms with van der Waals surface area (Å²) in [5, 5.41) is 2.48. The molecule has 1 N–H and O–H groups in total. The minimum atomic E-state index is -1.32. The molecular formula is C14H22N2O4. The van der Waals surface area contributed by atoms with Crippen molar-refractivity contribution in [2.75, 3.05) is 13.7 Å². The SMILES string of the molecule is [C-]#[N+]CCC=C[C@](C)(NC(=O)OC(C)(C)C)C(=O)OC. The minimum Gasteiger partial charge on any atom is -0.467 e. The summed E-state index contributed by atoms with van der Waals surface area (Å²) in [6.45, 7) is 13.7. The average molecular weight is 282 g/mol. The van der Waals surface area contributed by atoms with Crippen LogP contribution >= 0.6 is 0 Å². The summed E-state index contributed by atoms with van der Waals surface area (Å²) >= 11 is 0. The van der Waals surface area contributed by atoms with Crippen LogP contribution < -0.4 is 5.32 Å². The van der Waals surface area contributed by atoms with Gasteiger partial charge in [0.05, 0.1) is 7.11 Å². The zero-order valence-corrected chi connectivity index (χ0v) is 12.6. The second-order valence-corrected chi connectivity index (χ2v) is 5.39. The van der Waals surface area contributed by atoms with Crippen LogP contribution in [0.3, 0.4) is 0 Å². The Kier molecular flexibility index (Phi) is 6.77. The number of ether oxygens (including phenoxy) is 2. The van der Waals surface area contributed by atoms with Gasteiger partial charge in [-0.3, -0.25) is 0 Å². The maximum Gasteiger partial charge on any atom is 0.408 e. The fourth-order valence-electron chi connectivity index (χ4n) is 1.35. The summed E-state index contributed by atoms with van der Waals surface area (Å²) in [6.07, 6.45) is 2.95. The normalized spacial score (nSPS) is 14.2. The quantitative estimate of drug-likeness (QED) is 0.363. The first-order valence-electron chi connectivity index (χ1n) is 6.25. The highest BCUT2D eigenvalue weighted by Gasteiger charge is 2.35. The Morgan fingerprint density at radius 3 is 2.35 bits per heavy atom. The van der Waals surface area contributed by atoms with Crippen LogP contribution in [0.15, 0.2) is 12.2 Å². The van der Waals surface area contributed by atoms with Crippen molar-refractivity contribution in [2.24, 2.45) is 0 Å². The van der Waals surface area contributed by atoms with Gasteiger partial charge < -0.3 is 19.6 Å². The van der Waals surface area contributed by atoms with Gasteiger partial charge in [0.1, 0.15) is 5.60 Å². The number of alkyl carbamates (subject to hydrolysis) is 1. The van der Waals surface area contributed by atoms with Gasteiger partial charge in [-0.05, 0) is 27.7 Å². The van der Waals surface area contributed by atoms with Crippen molar-refractivity contribution >= 4 is 12.1 Å². The van der Waals surface area contributed by atoms with E-state index in [1.165, 1.54) is 20.1 Å². The van der Waals surface area contributed by atoms with Crippen LogP contribution in [0.4, 0.5) is 4.79 Å². The molecular weight excluding hydrogens is 260 g/mol. The second kappa shape index (κ2) is 7.53. The predicted octanol–water partition coefficient (Wildman–Crippen LogP) is 2.31. The van der Waals surface area contributed by atoms with Crippen LogP contribution in [0.5, 0.6) is 0 Å². The Bertz CT molecular complexity index is 418. The molecule has 0 unspecified atom stereocenters. The van der Waals surface area contributed by atoms with Crippen molar-refractivity contribution in [3.63, 3.8) is 0 Å². The number of nitrogens with one attached hydrogen (secondary N) is 1. The molecule has 20 heavy (non-hydrogen) atoms. The standard InChI is InChI=1S/C14H22N2O4/c1-13(2,3)20-12(18)16-14(4,11(17)19-6)9-7-8-10-15-5/h7,9H,8,10H2,1-4,6H3,(H,16,18)/t14-/m0/s1. The lowest BCUT2D eigenvalue weighted by molar-refractivity contribution is -0.145. The van der Waals surface area contributed by atoms with E-state index in [9.17, 15) is 9.59 Å². The third kappa shape index (κ3) is 6.78. The van der Waals surface area contributed by atoms with Crippen molar-refractivity contribution in [3.05, 3.63) is 23.6 Å². The van der Waals surface area contributed by atoms with Crippen LogP contribution in [0.25, 0.3) is 4.85 Å². The predicted molar refractivity (Wildman–Crippen MR) is 75.0 cm³/mol. The maximum absolute atomic E-state index is 11.8. The van der Waals surface area contributed by atoms with E-state index >= 15 is 0 Å². The van der Waals surface area contributed by atoms with Gasteiger partial charge in [-0.2, -0.15) is 0 Å². The maximum atomic E-state index is 11.8. The zero-order valence-electron chi connectivity index (χ0n) is 12.6. The summed E-state index contributed by atoms with van der Waals surface area (Å²) in [7, 11) is 1.24. The summed E-state index contributed by atoms with van der Waals surface area (Å²) in [5.41, 5.74) is -1.98. The van der Waals surface area contributed by atoms with E-state index in [4.69, 9.17) is 11.3 Å². The lowest BCUT2D eigenvalue weighted by atomic mass is 10.0. The number of carbonyl (C=O) groups excluding carboxylic acids is 2. The molecule has 0 heterocycles. The van der Waals surface area contributed by atoms with Crippen molar-refractivity contribution in [3.8, 4) is 0 Å². The Morgan fingerprint density at radius 2 is 1.90 bits per heavy atom. The number of nitrogens with zero attached hydrogens (tertiary/aromatic N) is 1. The molecule has 0 aromatic carbocycles. The molecule has 0 spiro atoms. The molecule has 0 aromatic heterocycles. The van der Waals surface area contributed by atoms with E-state index in [2.05, 4.69) is 14.9 Å². The van der Waals surface area contributed by atoms with Gasteiger partial charge in [0.2, 0.25) is 6.54 Å². The molecule has 0 rings (SSSR count). The van der Waals surface area contributed by atoms with Gasteiger partial charge >= 0.3 is 12.1 Å². The number of methoxy groups -OCH3 is 1. The number of hydrogen-bond donors (Lipinski definition) is 1. The van der Waals surface area contributed by atoms with Gasteiger partial charge in [-0.15, -0.1) is 0 Å². The molecule has 0 aliphatic carbocycles. The number of rotatable bonds is 5. The first-order chi connectivity index (χ1) is 9.14. The molecule has 1 amide bonds. The average Bonchev–Trinajstić information content (AvgIpc) is 2.31. The molecule has 0 aliphatic rings. The van der Waals surface area contributed by atoms with Crippen molar-refractivity contribution in [2.45, 2.75) is 45.3 Å². The summed E-state index contributed by atoms with van der Waals surface area (Å²) in [5.74, 6) is -0.609. The molecule has 1 atom stereocenters. The zero-order chi connectivity index (χ0) is 15.8. The molecule has 0 bridgehead atoms. The smallest absolute Gasteiger partial charge is 0.408 e. The highest BCUT2D eigenvalue weighted by Crippen LogP contribution is 2.13. The van der Waals surface area contributed by atoms with Crippen LogP contribution in [-0.4, -0.2) is 36.9 Å². The molecule has 0 radical (unpaired) electrons. The highest BCUT2D eigenvalue weighted by molar-refractivity contribution is 5.87. The van der Waals surface area contributed by atoms with E-state index < -0.39 is 23.2 Å². The monoisotopic (exact) mass is 282 g/mol. The van der Waals surface area contributed by atoms with Gasteiger partial charge in [0.15, 0.2) is 5.54 Å². The lowest BCUT2D eigenvalue weighted by Gasteiger charge is -2.27. The summed E-state index contributed by atoms with van der Waals surface area (Å²) < 4.78 is 9.80. The number of hydrogen-bond acceptors (Lipinski definition) is 4. The molecule has 0 fully saturated rings. The van der Waals surface area contributed by atoms with Crippen molar-refractivity contribution < 1.29 is 19.1 Å². The third-order valence-corrected chi connectivity index (χ3v) is 2.23. The van der Waals surface area contributed by atoms with Crippen LogP contribution in [0, 0.1) is 6.57 Å². The van der Waals surface area contributed by atoms with Crippen LogP contribution in [-0.2, 0) is 14.3 Å². The second-order valence-electron chi connectivity index (χ2n) is 5.39. The van der Waals surface area contributed by atoms with E-state index in [1.807, 2.05) is 0 Å². The van der Waals surface area contributed by atoms with Gasteiger partial charge in [0, 0.05) is 6.42 Å². The molecule has 112 valence electrons. The molecule has 0 aliphatic heterocycles. The fourth-order valence-corrected chi connectivity index (χ4v) is 1.35. The van der Waals surface area contributed by atoms with Crippen LogP contribution in [0.2, 0.25) is 0 Å². The third-order valence-electron chi connectivity index (χ3n) is 2.23. The Balaban J connectivity index is 4.88. The van der Waals surface area contributed by atoms with Gasteiger partial charge in [-0.25, -0.2) is 16.2 Å². The molecule has 6 heteroatoms. The molecule has 0 aromatic rings. The largest absolute Gasteiger partial charge is 0.467 e. The molecule has 0 saturated heterocycles.